The Morgan fingerprint density at radius 2 is 1.92 bits per heavy atom. The fourth-order valence-electron chi connectivity index (χ4n) is 0.692. The van der Waals surface area contributed by atoms with Crippen molar-refractivity contribution in [3.05, 3.63) is 28.7 Å². The Bertz CT molecular complexity index is 276. The van der Waals surface area contributed by atoms with Crippen molar-refractivity contribution in [2.75, 3.05) is 6.61 Å². The Kier molecular flexibility index (Phi) is 5.50. The predicted octanol–water partition coefficient (Wildman–Crippen LogP) is 2.19. The molecule has 1 aromatic rings. The van der Waals surface area contributed by atoms with Gasteiger partial charge >= 0.3 is 0 Å². The van der Waals surface area contributed by atoms with Crippen LogP contribution in [0.5, 0.6) is 5.75 Å². The van der Waals surface area contributed by atoms with E-state index in [1.807, 2.05) is 24.3 Å². The van der Waals surface area contributed by atoms with Crippen molar-refractivity contribution >= 4 is 34.2 Å². The average Bonchev–Trinajstić information content (AvgIpc) is 2.03. The van der Waals surface area contributed by atoms with Gasteiger partial charge in [0.05, 0.1) is 0 Å². The van der Waals surface area contributed by atoms with Gasteiger partial charge in [0.1, 0.15) is 18.2 Å². The second kappa shape index (κ2) is 5.83. The summed E-state index contributed by atoms with van der Waals surface area (Å²) < 4.78 is 6.15. The minimum atomic E-state index is 0. The van der Waals surface area contributed by atoms with Gasteiger partial charge in [-0.1, -0.05) is 15.9 Å². The molecule has 0 bridgehead atoms. The Labute approximate surface area is 91.3 Å². The van der Waals surface area contributed by atoms with E-state index in [9.17, 15) is 0 Å². The Morgan fingerprint density at radius 3 is 2.38 bits per heavy atom. The van der Waals surface area contributed by atoms with Gasteiger partial charge in [-0.15, -0.1) is 12.4 Å². The van der Waals surface area contributed by atoms with Gasteiger partial charge in [0, 0.05) is 4.47 Å². The number of nitrogens with one attached hydrogen (secondary N) is 1. The molecular weight excluding hydrogens is 255 g/mol. The number of halogens is 2. The maximum Gasteiger partial charge on any atom is 0.145 e. The number of benzene rings is 1. The van der Waals surface area contributed by atoms with E-state index >= 15 is 0 Å². The second-order valence-corrected chi connectivity index (χ2v) is 3.18. The van der Waals surface area contributed by atoms with Crippen molar-refractivity contribution in [1.82, 2.24) is 0 Å². The molecule has 0 radical (unpaired) electrons. The molecule has 13 heavy (non-hydrogen) atoms. The molecule has 1 rings (SSSR count). The molecule has 0 aromatic heterocycles. The van der Waals surface area contributed by atoms with E-state index in [0.717, 1.165) is 4.47 Å². The summed E-state index contributed by atoms with van der Waals surface area (Å²) >= 11 is 3.30. The van der Waals surface area contributed by atoms with E-state index in [2.05, 4.69) is 15.9 Å². The molecule has 0 spiro atoms. The Balaban J connectivity index is 0.00000144. The van der Waals surface area contributed by atoms with Gasteiger partial charge in [0.25, 0.3) is 0 Å². The lowest BCUT2D eigenvalue weighted by Gasteiger charge is -2.03. The summed E-state index contributed by atoms with van der Waals surface area (Å²) in [5.41, 5.74) is 5.12. The first-order chi connectivity index (χ1) is 5.68. The van der Waals surface area contributed by atoms with Crippen molar-refractivity contribution in [2.24, 2.45) is 5.73 Å². The molecule has 0 aliphatic carbocycles. The third kappa shape index (κ3) is 4.75. The van der Waals surface area contributed by atoms with Crippen LogP contribution in [0.2, 0.25) is 0 Å². The second-order valence-electron chi connectivity index (χ2n) is 2.27. The van der Waals surface area contributed by atoms with Crippen molar-refractivity contribution < 1.29 is 4.74 Å². The van der Waals surface area contributed by atoms with Crippen LogP contribution in [0, 0.1) is 5.41 Å². The van der Waals surface area contributed by atoms with Gasteiger partial charge in [-0.25, -0.2) is 0 Å². The average molecular weight is 266 g/mol. The zero-order chi connectivity index (χ0) is 8.97. The molecule has 0 saturated heterocycles. The minimum absolute atomic E-state index is 0. The number of rotatable bonds is 3. The van der Waals surface area contributed by atoms with Crippen molar-refractivity contribution in [2.45, 2.75) is 0 Å². The first-order valence-electron chi connectivity index (χ1n) is 3.40. The van der Waals surface area contributed by atoms with Crippen LogP contribution >= 0.6 is 28.3 Å². The standard InChI is InChI=1S/C8H9BrN2O.ClH/c9-6-1-3-7(4-2-6)12-5-8(10)11;/h1-4H,5H2,(H3,10,11);1H. The number of amidine groups is 1. The molecule has 3 nitrogen and oxygen atoms in total. The molecular formula is C8H10BrClN2O. The zero-order valence-corrected chi connectivity index (χ0v) is 9.19. The Hall–Kier alpha value is -0.740. The largest absolute Gasteiger partial charge is 0.486 e. The molecule has 0 unspecified atom stereocenters. The maximum absolute atomic E-state index is 6.93. The van der Waals surface area contributed by atoms with Gasteiger partial charge in [-0.05, 0) is 24.3 Å². The molecule has 3 N–H and O–H groups in total. The molecule has 0 saturated carbocycles. The molecule has 1 aromatic carbocycles. The monoisotopic (exact) mass is 264 g/mol. The SMILES string of the molecule is Cl.N=C(N)COc1ccc(Br)cc1. The normalized spacial score (nSPS) is 8.69. The highest BCUT2D eigenvalue weighted by Gasteiger charge is 1.93. The van der Waals surface area contributed by atoms with Crippen LogP contribution in [0.15, 0.2) is 28.7 Å². The molecule has 0 amide bonds. The van der Waals surface area contributed by atoms with E-state index in [-0.39, 0.29) is 24.8 Å². The predicted molar refractivity (Wildman–Crippen MR) is 58.8 cm³/mol. The summed E-state index contributed by atoms with van der Waals surface area (Å²) in [6.07, 6.45) is 0. The van der Waals surface area contributed by atoms with Crippen LogP contribution in [0.1, 0.15) is 0 Å². The Morgan fingerprint density at radius 1 is 1.38 bits per heavy atom. The van der Waals surface area contributed by atoms with E-state index < -0.39 is 0 Å². The summed E-state index contributed by atoms with van der Waals surface area (Å²) in [5.74, 6) is 0.742. The van der Waals surface area contributed by atoms with Crippen LogP contribution in [-0.4, -0.2) is 12.4 Å². The number of nitrogens with two attached hydrogens (primary N) is 1. The number of hydrogen-bond acceptors (Lipinski definition) is 2. The van der Waals surface area contributed by atoms with Gasteiger partial charge in [-0.2, -0.15) is 0 Å². The molecule has 0 heterocycles. The van der Waals surface area contributed by atoms with E-state index in [1.165, 1.54) is 0 Å². The number of hydrogen-bond donors (Lipinski definition) is 2. The first kappa shape index (κ1) is 12.3. The fourth-order valence-corrected chi connectivity index (χ4v) is 0.956. The molecule has 0 aliphatic heterocycles. The topological polar surface area (TPSA) is 59.1 Å². The lowest BCUT2D eigenvalue weighted by Crippen LogP contribution is -2.19. The van der Waals surface area contributed by atoms with Crippen LogP contribution < -0.4 is 10.5 Å². The molecule has 0 fully saturated rings. The van der Waals surface area contributed by atoms with Crippen LogP contribution in [0.25, 0.3) is 0 Å². The van der Waals surface area contributed by atoms with Gasteiger partial charge in [0.2, 0.25) is 0 Å². The third-order valence-corrected chi connectivity index (χ3v) is 1.74. The quantitative estimate of drug-likeness (QED) is 0.650. The number of ether oxygens (including phenoxy) is 1. The summed E-state index contributed by atoms with van der Waals surface area (Å²) in [4.78, 5) is 0. The van der Waals surface area contributed by atoms with Crippen LogP contribution in [0.4, 0.5) is 0 Å². The van der Waals surface area contributed by atoms with Crippen molar-refractivity contribution in [3.8, 4) is 5.75 Å². The highest BCUT2D eigenvalue weighted by Crippen LogP contribution is 2.15. The van der Waals surface area contributed by atoms with Crippen LogP contribution in [0.3, 0.4) is 0 Å². The van der Waals surface area contributed by atoms with Gasteiger partial charge in [-0.3, -0.25) is 5.41 Å². The summed E-state index contributed by atoms with van der Waals surface area (Å²) in [7, 11) is 0. The van der Waals surface area contributed by atoms with E-state index in [0.29, 0.717) is 5.75 Å². The maximum atomic E-state index is 6.93. The van der Waals surface area contributed by atoms with Gasteiger partial charge < -0.3 is 10.5 Å². The van der Waals surface area contributed by atoms with Crippen molar-refractivity contribution in [1.29, 1.82) is 5.41 Å². The third-order valence-electron chi connectivity index (χ3n) is 1.21. The lowest BCUT2D eigenvalue weighted by molar-refractivity contribution is 0.374. The van der Waals surface area contributed by atoms with Crippen LogP contribution in [-0.2, 0) is 0 Å². The highest BCUT2D eigenvalue weighted by atomic mass is 79.9. The summed E-state index contributed by atoms with van der Waals surface area (Å²) in [6.45, 7) is 0.141. The zero-order valence-electron chi connectivity index (χ0n) is 6.79. The molecule has 5 heteroatoms. The smallest absolute Gasteiger partial charge is 0.145 e. The summed E-state index contributed by atoms with van der Waals surface area (Å²) in [6, 6.07) is 7.37. The molecule has 72 valence electrons. The molecule has 0 aliphatic rings. The van der Waals surface area contributed by atoms with Crippen molar-refractivity contribution in [3.63, 3.8) is 0 Å². The fraction of sp³-hybridized carbons (Fsp3) is 0.125. The molecule has 0 atom stereocenters. The first-order valence-corrected chi connectivity index (χ1v) is 4.19. The lowest BCUT2D eigenvalue weighted by atomic mass is 10.3. The highest BCUT2D eigenvalue weighted by molar-refractivity contribution is 9.10. The summed E-state index contributed by atoms with van der Waals surface area (Å²) in [5, 5.41) is 6.93. The van der Waals surface area contributed by atoms with E-state index in [1.54, 1.807) is 0 Å². The minimum Gasteiger partial charge on any atom is -0.486 e. The van der Waals surface area contributed by atoms with E-state index in [4.69, 9.17) is 15.9 Å². The van der Waals surface area contributed by atoms with Gasteiger partial charge in [0.15, 0.2) is 0 Å².